The maximum atomic E-state index is 11.7. The van der Waals surface area contributed by atoms with Gasteiger partial charge in [0.15, 0.2) is 0 Å². The molecule has 0 saturated heterocycles. The van der Waals surface area contributed by atoms with Crippen molar-refractivity contribution in [2.24, 2.45) is 23.2 Å². The molecule has 0 aromatic carbocycles. The fourth-order valence-corrected chi connectivity index (χ4v) is 6.80. The molecule has 192 valence electrons. The second-order valence-corrected chi connectivity index (χ2v) is 12.1. The summed E-state index contributed by atoms with van der Waals surface area (Å²) in [6, 6.07) is 0. The molecule has 1 saturated carbocycles. The zero-order valence-electron chi connectivity index (χ0n) is 22.1. The average molecular weight is 481 g/mol. The lowest BCUT2D eigenvalue weighted by Crippen LogP contribution is -2.41. The summed E-state index contributed by atoms with van der Waals surface area (Å²) in [5, 5.41) is 11.9. The highest BCUT2D eigenvalue weighted by atomic mass is 32.2. The molecule has 0 aromatic heterocycles. The summed E-state index contributed by atoms with van der Waals surface area (Å²) in [5.74, 6) is 2.67. The van der Waals surface area contributed by atoms with Crippen LogP contribution in [-0.4, -0.2) is 22.6 Å². The van der Waals surface area contributed by atoms with Crippen LogP contribution in [0, 0.1) is 23.2 Å². The molecule has 1 fully saturated rings. The number of Topliss-reactive ketones (excluding diaryl/α,β-unsaturated/α-hetero) is 1. The number of ketones is 1. The van der Waals surface area contributed by atoms with Gasteiger partial charge in [0, 0.05) is 6.42 Å². The molecule has 1 rings (SSSR count). The second kappa shape index (κ2) is 17.6. The Morgan fingerprint density at radius 2 is 1.67 bits per heavy atom. The molecular weight excluding hydrogens is 428 g/mol. The van der Waals surface area contributed by atoms with Crippen molar-refractivity contribution in [1.82, 2.24) is 0 Å². The summed E-state index contributed by atoms with van der Waals surface area (Å²) in [7, 11) is 0. The summed E-state index contributed by atoms with van der Waals surface area (Å²) in [4.78, 5) is 22.6. The molecule has 0 spiro atoms. The SMILES string of the molecule is CC(=O)CCCCCS/C=C\CCCCCCCC[C@]1(CC(=O)O)C[C@H](C)CC[C@@H]1C(C)C. The van der Waals surface area contributed by atoms with Crippen molar-refractivity contribution in [2.45, 2.75) is 130 Å². The van der Waals surface area contributed by atoms with E-state index in [9.17, 15) is 14.7 Å². The van der Waals surface area contributed by atoms with Crippen molar-refractivity contribution in [1.29, 1.82) is 0 Å². The third-order valence-corrected chi connectivity index (χ3v) is 8.51. The molecule has 1 N–H and O–H groups in total. The number of carbonyl (C=O) groups excluding carboxylic acids is 1. The fraction of sp³-hybridized carbons (Fsp3) is 0.862. The summed E-state index contributed by atoms with van der Waals surface area (Å²) in [6.07, 6.45) is 20.2. The third kappa shape index (κ3) is 13.6. The van der Waals surface area contributed by atoms with Crippen LogP contribution >= 0.6 is 11.8 Å². The number of rotatable bonds is 19. The molecular formula is C29H52O3S. The molecule has 0 heterocycles. The minimum Gasteiger partial charge on any atom is -0.481 e. The van der Waals surface area contributed by atoms with Gasteiger partial charge in [0.1, 0.15) is 5.78 Å². The highest BCUT2D eigenvalue weighted by Crippen LogP contribution is 2.52. The molecule has 0 aliphatic heterocycles. The Balaban J connectivity index is 2.14. The van der Waals surface area contributed by atoms with E-state index in [2.05, 4.69) is 32.3 Å². The molecule has 0 bridgehead atoms. The van der Waals surface area contributed by atoms with Crippen molar-refractivity contribution in [2.75, 3.05) is 5.75 Å². The molecule has 3 nitrogen and oxygen atoms in total. The summed E-state index contributed by atoms with van der Waals surface area (Å²) >= 11 is 1.90. The van der Waals surface area contributed by atoms with Crippen LogP contribution in [0.2, 0.25) is 0 Å². The second-order valence-electron chi connectivity index (χ2n) is 11.1. The third-order valence-electron chi connectivity index (χ3n) is 7.60. The van der Waals surface area contributed by atoms with Gasteiger partial charge in [0.05, 0.1) is 6.42 Å². The van der Waals surface area contributed by atoms with Gasteiger partial charge in [-0.05, 0) is 86.2 Å². The number of allylic oxidation sites excluding steroid dienone is 1. The maximum Gasteiger partial charge on any atom is 0.303 e. The first-order valence-electron chi connectivity index (χ1n) is 13.7. The first kappa shape index (κ1) is 30.3. The van der Waals surface area contributed by atoms with Gasteiger partial charge in [-0.15, -0.1) is 11.8 Å². The van der Waals surface area contributed by atoms with Crippen LogP contribution in [-0.2, 0) is 9.59 Å². The highest BCUT2D eigenvalue weighted by Gasteiger charge is 2.44. The van der Waals surface area contributed by atoms with Gasteiger partial charge in [-0.1, -0.05) is 71.8 Å². The lowest BCUT2D eigenvalue weighted by Gasteiger charge is -2.48. The molecule has 0 aromatic rings. The first-order valence-corrected chi connectivity index (χ1v) is 14.8. The molecule has 0 amide bonds. The van der Waals surface area contributed by atoms with E-state index in [1.807, 2.05) is 11.8 Å². The Morgan fingerprint density at radius 3 is 2.33 bits per heavy atom. The minimum atomic E-state index is -0.603. The van der Waals surface area contributed by atoms with Crippen LogP contribution in [0.5, 0.6) is 0 Å². The van der Waals surface area contributed by atoms with Gasteiger partial charge < -0.3 is 9.90 Å². The number of aliphatic carboxylic acids is 1. The van der Waals surface area contributed by atoms with E-state index in [0.717, 1.165) is 37.9 Å². The van der Waals surface area contributed by atoms with Crippen LogP contribution in [0.1, 0.15) is 130 Å². The number of hydrogen-bond donors (Lipinski definition) is 1. The standard InChI is InChI=1S/C29H52O3S/c1-24(2)27-18-17-25(3)22-29(27,23-28(31)32)19-13-9-7-5-6-8-10-14-20-33-21-15-11-12-16-26(4)30/h14,20,24-25,27H,5-13,15-19,21-23H2,1-4H3,(H,31,32)/b20-14-/t25-,27-,29-/m1/s1. The monoisotopic (exact) mass is 480 g/mol. The van der Waals surface area contributed by atoms with E-state index in [4.69, 9.17) is 0 Å². The van der Waals surface area contributed by atoms with Gasteiger partial charge in [-0.2, -0.15) is 0 Å². The van der Waals surface area contributed by atoms with Crippen molar-refractivity contribution >= 4 is 23.5 Å². The molecule has 33 heavy (non-hydrogen) atoms. The Morgan fingerprint density at radius 1 is 1.00 bits per heavy atom. The van der Waals surface area contributed by atoms with Crippen LogP contribution < -0.4 is 0 Å². The van der Waals surface area contributed by atoms with Crippen molar-refractivity contribution in [3.63, 3.8) is 0 Å². The first-order chi connectivity index (χ1) is 15.8. The average Bonchev–Trinajstić information content (AvgIpc) is 2.72. The van der Waals surface area contributed by atoms with Crippen LogP contribution in [0.15, 0.2) is 11.5 Å². The van der Waals surface area contributed by atoms with E-state index in [0.29, 0.717) is 30.0 Å². The van der Waals surface area contributed by atoms with Gasteiger partial charge in [-0.3, -0.25) is 4.79 Å². The maximum absolute atomic E-state index is 11.7. The Hall–Kier alpha value is -0.770. The minimum absolute atomic E-state index is 0.0214. The topological polar surface area (TPSA) is 54.4 Å². The lowest BCUT2D eigenvalue weighted by atomic mass is 9.56. The van der Waals surface area contributed by atoms with Gasteiger partial charge in [0.2, 0.25) is 0 Å². The van der Waals surface area contributed by atoms with Crippen LogP contribution in [0.4, 0.5) is 0 Å². The van der Waals surface area contributed by atoms with Gasteiger partial charge in [-0.25, -0.2) is 0 Å². The van der Waals surface area contributed by atoms with Crippen molar-refractivity contribution < 1.29 is 14.7 Å². The summed E-state index contributed by atoms with van der Waals surface area (Å²) in [6.45, 7) is 8.58. The van der Waals surface area contributed by atoms with Crippen LogP contribution in [0.25, 0.3) is 0 Å². The van der Waals surface area contributed by atoms with Crippen molar-refractivity contribution in [3.05, 3.63) is 11.5 Å². The number of hydrogen-bond acceptors (Lipinski definition) is 3. The normalized spacial score (nSPS) is 23.4. The number of unbranched alkanes of at least 4 members (excludes halogenated alkanes) is 8. The highest BCUT2D eigenvalue weighted by molar-refractivity contribution is 8.02. The quantitative estimate of drug-likeness (QED) is 0.187. The van der Waals surface area contributed by atoms with Crippen molar-refractivity contribution in [3.8, 4) is 0 Å². The number of carboxylic acid groups (broad SMARTS) is 1. The Kier molecular flexibility index (Phi) is 16.2. The van der Waals surface area contributed by atoms with E-state index >= 15 is 0 Å². The summed E-state index contributed by atoms with van der Waals surface area (Å²) < 4.78 is 0. The molecule has 4 heteroatoms. The Labute approximate surface area is 209 Å². The molecule has 0 radical (unpaired) electrons. The zero-order chi connectivity index (χ0) is 24.5. The Bertz CT molecular complexity index is 571. The van der Waals surface area contributed by atoms with E-state index < -0.39 is 5.97 Å². The molecule has 0 unspecified atom stereocenters. The number of carboxylic acids is 1. The van der Waals surface area contributed by atoms with E-state index in [1.54, 1.807) is 6.92 Å². The van der Waals surface area contributed by atoms with E-state index in [1.165, 1.54) is 64.2 Å². The van der Waals surface area contributed by atoms with E-state index in [-0.39, 0.29) is 5.41 Å². The number of thioether (sulfide) groups is 1. The summed E-state index contributed by atoms with van der Waals surface area (Å²) in [5.41, 5.74) is 0.0214. The number of carbonyl (C=O) groups is 2. The predicted octanol–water partition coefficient (Wildman–Crippen LogP) is 9.06. The van der Waals surface area contributed by atoms with Gasteiger partial charge >= 0.3 is 5.97 Å². The predicted molar refractivity (Wildman–Crippen MR) is 144 cm³/mol. The molecule has 1 aliphatic rings. The smallest absolute Gasteiger partial charge is 0.303 e. The fourth-order valence-electron chi connectivity index (χ4n) is 6.03. The zero-order valence-corrected chi connectivity index (χ0v) is 22.9. The molecule has 1 aliphatic carbocycles. The molecule has 3 atom stereocenters. The van der Waals surface area contributed by atoms with Gasteiger partial charge in [0.25, 0.3) is 0 Å². The van der Waals surface area contributed by atoms with Crippen LogP contribution in [0.3, 0.4) is 0 Å². The lowest BCUT2D eigenvalue weighted by molar-refractivity contribution is -0.143. The largest absolute Gasteiger partial charge is 0.481 e.